The molecule has 0 aliphatic heterocycles. The van der Waals surface area contributed by atoms with Crippen molar-refractivity contribution >= 4 is 6.09 Å². The first-order valence-corrected chi connectivity index (χ1v) is 9.05. The minimum atomic E-state index is -0.460. The molecule has 4 nitrogen and oxygen atoms in total. The molecule has 0 radical (unpaired) electrons. The number of carbonyl (C=O) groups excluding carboxylic acids is 1. The molecule has 140 valence electrons. The van der Waals surface area contributed by atoms with Crippen molar-refractivity contribution in [2.24, 2.45) is 0 Å². The molecule has 0 atom stereocenters. The third-order valence-electron chi connectivity index (χ3n) is 3.65. The fourth-order valence-electron chi connectivity index (χ4n) is 2.33. The largest absolute Gasteiger partial charge is 0.444 e. The number of ether oxygens (including phenoxy) is 2. The highest BCUT2D eigenvalue weighted by Gasteiger charge is 2.19. The van der Waals surface area contributed by atoms with E-state index < -0.39 is 5.60 Å². The Hall–Kier alpha value is -1.81. The van der Waals surface area contributed by atoms with E-state index in [1.54, 1.807) is 11.9 Å². The van der Waals surface area contributed by atoms with Crippen LogP contribution in [0.3, 0.4) is 0 Å². The Labute approximate surface area is 152 Å². The van der Waals surface area contributed by atoms with Crippen molar-refractivity contribution in [2.75, 3.05) is 20.2 Å². The van der Waals surface area contributed by atoms with Crippen LogP contribution in [0.2, 0.25) is 0 Å². The van der Waals surface area contributed by atoms with E-state index in [0.717, 1.165) is 19.3 Å². The predicted octanol–water partition coefficient (Wildman–Crippen LogP) is 5.19. The maximum atomic E-state index is 12.0. The first kappa shape index (κ1) is 21.2. The number of hydrogen-bond donors (Lipinski definition) is 0. The fourth-order valence-corrected chi connectivity index (χ4v) is 2.33. The van der Waals surface area contributed by atoms with Crippen molar-refractivity contribution in [3.63, 3.8) is 0 Å². The van der Waals surface area contributed by atoms with E-state index in [9.17, 15) is 4.79 Å². The van der Waals surface area contributed by atoms with Crippen molar-refractivity contribution in [1.82, 2.24) is 4.90 Å². The SMILES string of the molecule is CC/C=C(\CCOCc1ccccc1)CCN(C)C(=O)OC(C)(C)C. The molecule has 1 aromatic carbocycles. The topological polar surface area (TPSA) is 38.8 Å². The van der Waals surface area contributed by atoms with E-state index in [1.165, 1.54) is 11.1 Å². The van der Waals surface area contributed by atoms with Gasteiger partial charge in [0.2, 0.25) is 0 Å². The second-order valence-corrected chi connectivity index (χ2v) is 7.21. The molecule has 4 heteroatoms. The Morgan fingerprint density at radius 2 is 1.84 bits per heavy atom. The summed E-state index contributed by atoms with van der Waals surface area (Å²) < 4.78 is 11.2. The summed E-state index contributed by atoms with van der Waals surface area (Å²) in [5.74, 6) is 0. The number of allylic oxidation sites excluding steroid dienone is 1. The summed E-state index contributed by atoms with van der Waals surface area (Å²) in [7, 11) is 1.78. The van der Waals surface area contributed by atoms with Gasteiger partial charge < -0.3 is 14.4 Å². The number of hydrogen-bond acceptors (Lipinski definition) is 3. The van der Waals surface area contributed by atoms with E-state index in [0.29, 0.717) is 19.8 Å². The number of nitrogens with zero attached hydrogens (tertiary/aromatic N) is 1. The smallest absolute Gasteiger partial charge is 0.410 e. The van der Waals surface area contributed by atoms with Crippen LogP contribution in [0.15, 0.2) is 42.0 Å². The molecule has 0 bridgehead atoms. The van der Waals surface area contributed by atoms with Gasteiger partial charge in [-0.05, 0) is 45.6 Å². The molecule has 1 rings (SSSR count). The lowest BCUT2D eigenvalue weighted by Crippen LogP contribution is -2.34. The molecule has 1 amide bonds. The molecule has 0 fully saturated rings. The minimum Gasteiger partial charge on any atom is -0.444 e. The lowest BCUT2D eigenvalue weighted by atomic mass is 10.1. The Morgan fingerprint density at radius 3 is 2.44 bits per heavy atom. The maximum Gasteiger partial charge on any atom is 0.410 e. The molecule has 0 aliphatic carbocycles. The summed E-state index contributed by atoms with van der Waals surface area (Å²) in [5.41, 5.74) is 2.05. The van der Waals surface area contributed by atoms with Gasteiger partial charge in [0.05, 0.1) is 13.2 Å². The quantitative estimate of drug-likeness (QED) is 0.456. The monoisotopic (exact) mass is 347 g/mol. The third-order valence-corrected chi connectivity index (χ3v) is 3.65. The third kappa shape index (κ3) is 9.92. The van der Waals surface area contributed by atoms with E-state index in [2.05, 4.69) is 25.1 Å². The summed E-state index contributed by atoms with van der Waals surface area (Å²) in [6, 6.07) is 10.2. The lowest BCUT2D eigenvalue weighted by Gasteiger charge is -2.25. The van der Waals surface area contributed by atoms with E-state index in [1.807, 2.05) is 39.0 Å². The highest BCUT2D eigenvalue weighted by atomic mass is 16.6. The van der Waals surface area contributed by atoms with Gasteiger partial charge in [0.15, 0.2) is 0 Å². The zero-order valence-corrected chi connectivity index (χ0v) is 16.4. The zero-order chi connectivity index (χ0) is 18.7. The number of benzene rings is 1. The van der Waals surface area contributed by atoms with Crippen LogP contribution in [0.1, 0.15) is 52.5 Å². The highest BCUT2D eigenvalue weighted by Crippen LogP contribution is 2.13. The summed E-state index contributed by atoms with van der Waals surface area (Å²) in [6.07, 6.45) is 4.68. The van der Waals surface area contributed by atoms with Crippen molar-refractivity contribution in [3.05, 3.63) is 47.5 Å². The van der Waals surface area contributed by atoms with Crippen LogP contribution in [0, 0.1) is 0 Å². The van der Waals surface area contributed by atoms with Gasteiger partial charge in [-0.25, -0.2) is 4.79 Å². The Kier molecular flexibility index (Phi) is 9.28. The predicted molar refractivity (Wildman–Crippen MR) is 103 cm³/mol. The van der Waals surface area contributed by atoms with E-state index >= 15 is 0 Å². The van der Waals surface area contributed by atoms with Gasteiger partial charge in [-0.3, -0.25) is 0 Å². The fraction of sp³-hybridized carbons (Fsp3) is 0.571. The average molecular weight is 347 g/mol. The van der Waals surface area contributed by atoms with Gasteiger partial charge in [0, 0.05) is 13.6 Å². The number of amides is 1. The summed E-state index contributed by atoms with van der Waals surface area (Å²) in [5, 5.41) is 0. The van der Waals surface area contributed by atoms with Crippen molar-refractivity contribution in [3.8, 4) is 0 Å². The average Bonchev–Trinajstić information content (AvgIpc) is 2.55. The first-order valence-electron chi connectivity index (χ1n) is 9.05. The van der Waals surface area contributed by atoms with Crippen LogP contribution in [0.4, 0.5) is 4.79 Å². The Balaban J connectivity index is 2.34. The molecule has 0 saturated heterocycles. The highest BCUT2D eigenvalue weighted by molar-refractivity contribution is 5.67. The molecule has 0 saturated carbocycles. The summed E-state index contributed by atoms with van der Waals surface area (Å²) in [4.78, 5) is 13.6. The van der Waals surface area contributed by atoms with Gasteiger partial charge >= 0.3 is 6.09 Å². The van der Waals surface area contributed by atoms with Gasteiger partial charge in [-0.15, -0.1) is 0 Å². The van der Waals surface area contributed by atoms with Crippen LogP contribution in [-0.2, 0) is 16.1 Å². The normalized spacial score (nSPS) is 12.1. The Bertz CT molecular complexity index is 532. The molecular formula is C21H33NO3. The molecular weight excluding hydrogens is 314 g/mol. The summed E-state index contributed by atoms with van der Waals surface area (Å²) >= 11 is 0. The molecule has 25 heavy (non-hydrogen) atoms. The number of carbonyl (C=O) groups is 1. The maximum absolute atomic E-state index is 12.0. The van der Waals surface area contributed by atoms with E-state index in [4.69, 9.17) is 9.47 Å². The van der Waals surface area contributed by atoms with Crippen LogP contribution in [0.5, 0.6) is 0 Å². The second-order valence-electron chi connectivity index (χ2n) is 7.21. The van der Waals surface area contributed by atoms with Crippen molar-refractivity contribution < 1.29 is 14.3 Å². The standard InChI is InChI=1S/C21H33NO3/c1-6-10-18(13-15-22(5)20(23)25-21(2,3)4)14-16-24-17-19-11-8-7-9-12-19/h7-12H,6,13-17H2,1-5H3/b18-10-. The molecule has 0 N–H and O–H groups in total. The molecule has 0 unspecified atom stereocenters. The minimum absolute atomic E-state index is 0.274. The zero-order valence-electron chi connectivity index (χ0n) is 16.4. The molecule has 0 aliphatic rings. The first-order chi connectivity index (χ1) is 11.8. The molecule has 0 aromatic heterocycles. The van der Waals surface area contributed by atoms with Gasteiger partial charge in [-0.2, -0.15) is 0 Å². The van der Waals surface area contributed by atoms with Crippen LogP contribution < -0.4 is 0 Å². The van der Waals surface area contributed by atoms with Gasteiger partial charge in [0.25, 0.3) is 0 Å². The lowest BCUT2D eigenvalue weighted by molar-refractivity contribution is 0.0300. The van der Waals surface area contributed by atoms with Crippen LogP contribution >= 0.6 is 0 Å². The van der Waals surface area contributed by atoms with Crippen molar-refractivity contribution in [1.29, 1.82) is 0 Å². The number of rotatable bonds is 9. The van der Waals surface area contributed by atoms with E-state index in [-0.39, 0.29) is 6.09 Å². The van der Waals surface area contributed by atoms with Crippen molar-refractivity contribution in [2.45, 2.75) is 59.2 Å². The van der Waals surface area contributed by atoms with Gasteiger partial charge in [-0.1, -0.05) is 48.9 Å². The van der Waals surface area contributed by atoms with Crippen LogP contribution in [-0.4, -0.2) is 36.8 Å². The summed E-state index contributed by atoms with van der Waals surface area (Å²) in [6.45, 7) is 9.75. The molecule has 1 aromatic rings. The van der Waals surface area contributed by atoms with Crippen LogP contribution in [0.25, 0.3) is 0 Å². The van der Waals surface area contributed by atoms with Gasteiger partial charge in [0.1, 0.15) is 5.60 Å². The molecule has 0 spiro atoms. The molecule has 0 heterocycles. The Morgan fingerprint density at radius 1 is 1.16 bits per heavy atom. The second kappa shape index (κ2) is 10.9.